The van der Waals surface area contributed by atoms with E-state index >= 15 is 0 Å². The molecule has 2 fully saturated rings. The summed E-state index contributed by atoms with van der Waals surface area (Å²) in [5.74, 6) is 0. The molecule has 1 aliphatic carbocycles. The van der Waals surface area contributed by atoms with Crippen molar-refractivity contribution >= 4 is 0 Å². The lowest BCUT2D eigenvalue weighted by Gasteiger charge is -2.30. The second-order valence-corrected chi connectivity index (χ2v) is 5.45. The highest BCUT2D eigenvalue weighted by atomic mass is 19.4. The topological polar surface area (TPSA) is 30.5 Å². The van der Waals surface area contributed by atoms with Crippen LogP contribution in [0.25, 0.3) is 0 Å². The van der Waals surface area contributed by atoms with Gasteiger partial charge in [0.15, 0.2) is 0 Å². The highest BCUT2D eigenvalue weighted by Gasteiger charge is 2.31. The second-order valence-electron chi connectivity index (χ2n) is 5.45. The quantitative estimate of drug-likeness (QED) is 0.840. The van der Waals surface area contributed by atoms with Crippen LogP contribution in [0.3, 0.4) is 0 Å². The number of halogens is 3. The van der Waals surface area contributed by atoms with E-state index in [1.54, 1.807) is 0 Å². The van der Waals surface area contributed by atoms with Gasteiger partial charge in [0.25, 0.3) is 0 Å². The Morgan fingerprint density at radius 1 is 1.16 bits per heavy atom. The van der Waals surface area contributed by atoms with Gasteiger partial charge in [0.1, 0.15) is 6.61 Å². The first-order valence-electron chi connectivity index (χ1n) is 7.06. The third kappa shape index (κ3) is 5.67. The van der Waals surface area contributed by atoms with E-state index in [9.17, 15) is 13.2 Å². The molecule has 0 spiro atoms. The van der Waals surface area contributed by atoms with E-state index in [-0.39, 0.29) is 18.2 Å². The minimum atomic E-state index is -4.22. The van der Waals surface area contributed by atoms with E-state index in [4.69, 9.17) is 9.47 Å². The monoisotopic (exact) mass is 281 g/mol. The summed E-state index contributed by atoms with van der Waals surface area (Å²) >= 11 is 0. The van der Waals surface area contributed by atoms with Crippen LogP contribution in [0.15, 0.2) is 0 Å². The summed E-state index contributed by atoms with van der Waals surface area (Å²) in [5.41, 5.74) is 0. The zero-order chi connectivity index (χ0) is 13.7. The first-order chi connectivity index (χ1) is 9.03. The van der Waals surface area contributed by atoms with Gasteiger partial charge in [-0.25, -0.2) is 0 Å². The Morgan fingerprint density at radius 2 is 2.00 bits per heavy atom. The van der Waals surface area contributed by atoms with Gasteiger partial charge in [-0.05, 0) is 38.5 Å². The van der Waals surface area contributed by atoms with Crippen LogP contribution in [0.4, 0.5) is 13.2 Å². The molecule has 0 radical (unpaired) electrons. The molecule has 1 heterocycles. The Labute approximate surface area is 111 Å². The Morgan fingerprint density at radius 3 is 2.68 bits per heavy atom. The summed E-state index contributed by atoms with van der Waals surface area (Å²) in [5, 5.41) is 3.40. The lowest BCUT2D eigenvalue weighted by Crippen LogP contribution is -2.41. The predicted molar refractivity (Wildman–Crippen MR) is 65.0 cm³/mol. The van der Waals surface area contributed by atoms with Gasteiger partial charge in [-0.2, -0.15) is 13.2 Å². The van der Waals surface area contributed by atoms with Crippen molar-refractivity contribution in [2.24, 2.45) is 0 Å². The van der Waals surface area contributed by atoms with Crippen molar-refractivity contribution in [2.75, 3.05) is 19.8 Å². The zero-order valence-electron chi connectivity index (χ0n) is 11.0. The van der Waals surface area contributed by atoms with Gasteiger partial charge in [-0.1, -0.05) is 0 Å². The molecule has 3 atom stereocenters. The van der Waals surface area contributed by atoms with Crippen LogP contribution in [0, 0.1) is 0 Å². The molecule has 6 heteroatoms. The molecule has 1 saturated carbocycles. The van der Waals surface area contributed by atoms with Crippen LogP contribution >= 0.6 is 0 Å². The smallest absolute Gasteiger partial charge is 0.377 e. The molecule has 0 aromatic carbocycles. The molecular weight excluding hydrogens is 259 g/mol. The average molecular weight is 281 g/mol. The molecule has 1 saturated heterocycles. The fraction of sp³-hybridized carbons (Fsp3) is 1.00. The van der Waals surface area contributed by atoms with Crippen LogP contribution in [0.2, 0.25) is 0 Å². The lowest BCUT2D eigenvalue weighted by molar-refractivity contribution is -0.188. The first kappa shape index (κ1) is 15.1. The molecule has 2 aliphatic rings. The molecule has 0 amide bonds. The van der Waals surface area contributed by atoms with Crippen LogP contribution in [-0.4, -0.2) is 44.2 Å². The van der Waals surface area contributed by atoms with Crippen LogP contribution < -0.4 is 5.32 Å². The molecule has 3 unspecified atom stereocenters. The molecule has 19 heavy (non-hydrogen) atoms. The molecule has 112 valence electrons. The van der Waals surface area contributed by atoms with E-state index in [1.807, 2.05) is 0 Å². The van der Waals surface area contributed by atoms with Crippen LogP contribution in [0.5, 0.6) is 0 Å². The van der Waals surface area contributed by atoms with Crippen molar-refractivity contribution in [3.63, 3.8) is 0 Å². The lowest BCUT2D eigenvalue weighted by atomic mass is 9.92. The summed E-state index contributed by atoms with van der Waals surface area (Å²) in [6.45, 7) is 0.501. The molecule has 0 aromatic heterocycles. The van der Waals surface area contributed by atoms with Gasteiger partial charge < -0.3 is 14.8 Å². The summed E-state index contributed by atoms with van der Waals surface area (Å²) in [7, 11) is 0. The van der Waals surface area contributed by atoms with Crippen molar-refractivity contribution in [2.45, 2.75) is 63.0 Å². The Bertz CT molecular complexity index is 267. The number of ether oxygens (including phenoxy) is 2. The van der Waals surface area contributed by atoms with Gasteiger partial charge in [-0.3, -0.25) is 0 Å². The predicted octanol–water partition coefficient (Wildman–Crippen LogP) is 2.65. The number of alkyl halides is 3. The normalized spacial score (nSPS) is 32.7. The Balaban J connectivity index is 1.65. The highest BCUT2D eigenvalue weighted by molar-refractivity contribution is 4.80. The largest absolute Gasteiger partial charge is 0.411 e. The van der Waals surface area contributed by atoms with E-state index in [2.05, 4.69) is 5.32 Å². The van der Waals surface area contributed by atoms with Crippen molar-refractivity contribution in [3.8, 4) is 0 Å². The third-order valence-electron chi connectivity index (χ3n) is 3.77. The van der Waals surface area contributed by atoms with E-state index in [0.717, 1.165) is 45.3 Å². The maximum absolute atomic E-state index is 12.1. The standard InChI is InChI=1S/C13H22F3NO2/c14-13(15,16)9-19-11-4-1-3-10(7-11)17-8-12-5-2-6-18-12/h10-12,17H,1-9H2. The van der Waals surface area contributed by atoms with Gasteiger partial charge in [0.05, 0.1) is 12.2 Å². The average Bonchev–Trinajstić information content (AvgIpc) is 2.87. The molecule has 0 aromatic rings. The van der Waals surface area contributed by atoms with Gasteiger partial charge in [0, 0.05) is 19.2 Å². The molecule has 2 rings (SSSR count). The zero-order valence-corrected chi connectivity index (χ0v) is 11.0. The van der Waals surface area contributed by atoms with E-state index < -0.39 is 12.8 Å². The van der Waals surface area contributed by atoms with Crippen molar-refractivity contribution in [3.05, 3.63) is 0 Å². The third-order valence-corrected chi connectivity index (χ3v) is 3.77. The number of hydrogen-bond acceptors (Lipinski definition) is 3. The Kier molecular flexibility index (Phi) is 5.47. The fourth-order valence-electron chi connectivity index (χ4n) is 2.80. The van der Waals surface area contributed by atoms with E-state index in [0.29, 0.717) is 6.42 Å². The maximum Gasteiger partial charge on any atom is 0.411 e. The van der Waals surface area contributed by atoms with Crippen molar-refractivity contribution in [1.29, 1.82) is 0 Å². The molecule has 3 nitrogen and oxygen atoms in total. The summed E-state index contributed by atoms with van der Waals surface area (Å²) in [4.78, 5) is 0. The number of rotatable bonds is 5. The summed E-state index contributed by atoms with van der Waals surface area (Å²) in [6.07, 6.45) is 1.30. The summed E-state index contributed by atoms with van der Waals surface area (Å²) < 4.78 is 46.8. The first-order valence-corrected chi connectivity index (χ1v) is 7.06. The fourth-order valence-corrected chi connectivity index (χ4v) is 2.80. The highest BCUT2D eigenvalue weighted by Crippen LogP contribution is 2.24. The molecule has 1 aliphatic heterocycles. The number of hydrogen-bond donors (Lipinski definition) is 1. The number of nitrogens with one attached hydrogen (secondary N) is 1. The van der Waals surface area contributed by atoms with Gasteiger partial charge in [-0.15, -0.1) is 0 Å². The van der Waals surface area contributed by atoms with Gasteiger partial charge in [0.2, 0.25) is 0 Å². The Hall–Kier alpha value is -0.330. The maximum atomic E-state index is 12.1. The van der Waals surface area contributed by atoms with Gasteiger partial charge >= 0.3 is 6.18 Å². The summed E-state index contributed by atoms with van der Waals surface area (Å²) in [6, 6.07) is 0.260. The van der Waals surface area contributed by atoms with E-state index in [1.165, 1.54) is 0 Å². The van der Waals surface area contributed by atoms with Crippen molar-refractivity contribution in [1.82, 2.24) is 5.32 Å². The molecule has 1 N–H and O–H groups in total. The second kappa shape index (κ2) is 6.90. The van der Waals surface area contributed by atoms with Crippen LogP contribution in [-0.2, 0) is 9.47 Å². The van der Waals surface area contributed by atoms with Crippen molar-refractivity contribution < 1.29 is 22.6 Å². The molecular formula is C13H22F3NO2. The minimum absolute atomic E-state index is 0.260. The SMILES string of the molecule is FC(F)(F)COC1CCCC(NCC2CCCO2)C1. The van der Waals surface area contributed by atoms with Crippen LogP contribution in [0.1, 0.15) is 38.5 Å². The molecule has 0 bridgehead atoms. The minimum Gasteiger partial charge on any atom is -0.377 e.